The lowest BCUT2D eigenvalue weighted by Gasteiger charge is -2.07. The number of hydrogen-bond donors (Lipinski definition) is 3. The van der Waals surface area contributed by atoms with E-state index in [9.17, 15) is 0 Å². The van der Waals surface area contributed by atoms with E-state index in [2.05, 4.69) is 27.7 Å². The zero-order valence-electron chi connectivity index (χ0n) is 9.84. The molecule has 0 aliphatic rings. The van der Waals surface area contributed by atoms with Crippen molar-refractivity contribution in [1.82, 2.24) is 10.4 Å². The van der Waals surface area contributed by atoms with E-state index >= 15 is 0 Å². The van der Waals surface area contributed by atoms with Crippen LogP contribution in [0.25, 0.3) is 10.8 Å². The molecular formula is C12H13N5S. The monoisotopic (exact) mass is 259 g/mol. The summed E-state index contributed by atoms with van der Waals surface area (Å²) >= 11 is 4.66. The Morgan fingerprint density at radius 2 is 2.28 bits per heavy atom. The van der Waals surface area contributed by atoms with E-state index in [0.717, 1.165) is 22.0 Å². The number of nitrogens with one attached hydrogen (secondary N) is 1. The summed E-state index contributed by atoms with van der Waals surface area (Å²) in [5.74, 6) is 0. The molecule has 0 bridgehead atoms. The standard InChI is InChI=1S/C12H13N5S/c1-7-5-15-10(6-16-17-12(14)18)8-3-2-4-9(13)11(7)8/h2-6H,13H2,1H3,(H3,14,17,18)/b16-6+. The van der Waals surface area contributed by atoms with Gasteiger partial charge in [-0.2, -0.15) is 5.10 Å². The maximum Gasteiger partial charge on any atom is 0.184 e. The third-order valence-corrected chi connectivity index (χ3v) is 2.62. The molecule has 0 spiro atoms. The number of hydrazone groups is 1. The lowest BCUT2D eigenvalue weighted by molar-refractivity contribution is 1.04. The van der Waals surface area contributed by atoms with Gasteiger partial charge in [-0.3, -0.25) is 10.4 Å². The molecule has 18 heavy (non-hydrogen) atoms. The molecule has 0 fully saturated rings. The minimum Gasteiger partial charge on any atom is -0.398 e. The number of nitrogens with zero attached hydrogens (tertiary/aromatic N) is 2. The second-order valence-electron chi connectivity index (χ2n) is 3.83. The van der Waals surface area contributed by atoms with Crippen LogP contribution in [0.1, 0.15) is 11.3 Å². The van der Waals surface area contributed by atoms with Crippen molar-refractivity contribution in [3.63, 3.8) is 0 Å². The predicted octanol–water partition coefficient (Wildman–Crippen LogP) is 1.29. The summed E-state index contributed by atoms with van der Waals surface area (Å²) in [4.78, 5) is 4.32. The first-order chi connectivity index (χ1) is 8.59. The molecule has 2 rings (SSSR count). The lowest BCUT2D eigenvalue weighted by Crippen LogP contribution is -2.24. The molecule has 0 saturated heterocycles. The van der Waals surface area contributed by atoms with Crippen LogP contribution >= 0.6 is 12.2 Å². The van der Waals surface area contributed by atoms with Gasteiger partial charge in [-0.25, -0.2) is 0 Å². The van der Waals surface area contributed by atoms with E-state index < -0.39 is 0 Å². The van der Waals surface area contributed by atoms with Gasteiger partial charge in [0.2, 0.25) is 0 Å². The molecule has 1 aromatic carbocycles. The summed E-state index contributed by atoms with van der Waals surface area (Å²) in [5.41, 5.74) is 16.2. The fraction of sp³-hybridized carbons (Fsp3) is 0.0833. The Morgan fingerprint density at radius 3 is 3.00 bits per heavy atom. The van der Waals surface area contributed by atoms with Crippen LogP contribution in [0.15, 0.2) is 29.5 Å². The van der Waals surface area contributed by atoms with Crippen LogP contribution in [0.3, 0.4) is 0 Å². The number of anilines is 1. The van der Waals surface area contributed by atoms with Gasteiger partial charge < -0.3 is 11.5 Å². The summed E-state index contributed by atoms with van der Waals surface area (Å²) in [6.07, 6.45) is 3.33. The Kier molecular flexibility index (Phi) is 3.38. The number of thiocarbonyl (C=S) groups is 1. The minimum atomic E-state index is 0.113. The van der Waals surface area contributed by atoms with Crippen molar-refractivity contribution in [2.45, 2.75) is 6.92 Å². The van der Waals surface area contributed by atoms with Crippen LogP contribution < -0.4 is 16.9 Å². The van der Waals surface area contributed by atoms with Crippen LogP contribution in [0, 0.1) is 6.92 Å². The highest BCUT2D eigenvalue weighted by molar-refractivity contribution is 7.80. The number of rotatable bonds is 2. The Labute approximate surface area is 110 Å². The van der Waals surface area contributed by atoms with Crippen LogP contribution in [0.5, 0.6) is 0 Å². The summed E-state index contributed by atoms with van der Waals surface area (Å²) in [6.45, 7) is 1.97. The largest absolute Gasteiger partial charge is 0.398 e. The number of aryl methyl sites for hydroxylation is 1. The van der Waals surface area contributed by atoms with Crippen LogP contribution in [0.4, 0.5) is 5.69 Å². The molecule has 5 N–H and O–H groups in total. The summed E-state index contributed by atoms with van der Waals surface area (Å²) in [5, 5.41) is 5.96. The highest BCUT2D eigenvalue weighted by Gasteiger charge is 2.05. The van der Waals surface area contributed by atoms with Crippen molar-refractivity contribution in [2.75, 3.05) is 5.73 Å². The van der Waals surface area contributed by atoms with Gasteiger partial charge in [-0.1, -0.05) is 12.1 Å². The minimum absolute atomic E-state index is 0.113. The molecule has 5 nitrogen and oxygen atoms in total. The topological polar surface area (TPSA) is 89.3 Å². The molecule has 0 unspecified atom stereocenters. The fourth-order valence-electron chi connectivity index (χ4n) is 1.78. The van der Waals surface area contributed by atoms with E-state index in [-0.39, 0.29) is 5.11 Å². The van der Waals surface area contributed by atoms with E-state index in [1.807, 2.05) is 25.1 Å². The number of nitrogen functional groups attached to an aromatic ring is 1. The quantitative estimate of drug-likeness (QED) is 0.327. The zero-order valence-corrected chi connectivity index (χ0v) is 10.7. The number of hydrogen-bond acceptors (Lipinski definition) is 4. The lowest BCUT2D eigenvalue weighted by atomic mass is 10.0. The average molecular weight is 259 g/mol. The van der Waals surface area contributed by atoms with Crippen LogP contribution in [0.2, 0.25) is 0 Å². The van der Waals surface area contributed by atoms with E-state index in [1.165, 1.54) is 0 Å². The van der Waals surface area contributed by atoms with Crippen molar-refractivity contribution in [2.24, 2.45) is 10.8 Å². The molecule has 6 heteroatoms. The van der Waals surface area contributed by atoms with Crippen molar-refractivity contribution < 1.29 is 0 Å². The fourth-order valence-corrected chi connectivity index (χ4v) is 1.84. The Hall–Kier alpha value is -2.21. The molecule has 0 atom stereocenters. The number of benzene rings is 1. The highest BCUT2D eigenvalue weighted by atomic mass is 32.1. The molecule has 0 saturated carbocycles. The second-order valence-corrected chi connectivity index (χ2v) is 4.27. The van der Waals surface area contributed by atoms with Gasteiger partial charge in [-0.15, -0.1) is 0 Å². The summed E-state index contributed by atoms with van der Waals surface area (Å²) in [7, 11) is 0. The Morgan fingerprint density at radius 1 is 1.50 bits per heavy atom. The average Bonchev–Trinajstić information content (AvgIpc) is 2.32. The zero-order chi connectivity index (χ0) is 13.1. The molecule has 0 radical (unpaired) electrons. The number of aromatic nitrogens is 1. The molecule has 0 aliphatic heterocycles. The third-order valence-electron chi connectivity index (χ3n) is 2.53. The molecule has 92 valence electrons. The Balaban J connectivity index is 2.53. The second kappa shape index (κ2) is 4.97. The van der Waals surface area contributed by atoms with Crippen molar-refractivity contribution >= 4 is 40.0 Å². The van der Waals surface area contributed by atoms with Crippen molar-refractivity contribution in [1.29, 1.82) is 0 Å². The number of fused-ring (bicyclic) bond motifs is 1. The normalized spacial score (nSPS) is 10.9. The molecule has 2 aromatic rings. The van der Waals surface area contributed by atoms with Crippen LogP contribution in [-0.4, -0.2) is 16.3 Å². The maximum atomic E-state index is 5.97. The first-order valence-corrected chi connectivity index (χ1v) is 5.72. The third kappa shape index (κ3) is 2.38. The van der Waals surface area contributed by atoms with Gasteiger partial charge in [0.05, 0.1) is 11.9 Å². The van der Waals surface area contributed by atoms with Crippen molar-refractivity contribution in [3.8, 4) is 0 Å². The van der Waals surface area contributed by atoms with E-state index in [4.69, 9.17) is 11.5 Å². The number of nitrogens with two attached hydrogens (primary N) is 2. The van der Waals surface area contributed by atoms with E-state index in [1.54, 1.807) is 12.4 Å². The number of pyridine rings is 1. The Bertz CT molecular complexity index is 627. The van der Waals surface area contributed by atoms with Crippen molar-refractivity contribution in [3.05, 3.63) is 35.7 Å². The molecule has 0 aliphatic carbocycles. The summed E-state index contributed by atoms with van der Waals surface area (Å²) in [6, 6.07) is 5.70. The van der Waals surface area contributed by atoms with E-state index in [0.29, 0.717) is 5.69 Å². The highest BCUT2D eigenvalue weighted by Crippen LogP contribution is 2.25. The van der Waals surface area contributed by atoms with Gasteiger partial charge in [0.15, 0.2) is 5.11 Å². The van der Waals surface area contributed by atoms with Gasteiger partial charge in [-0.05, 0) is 30.8 Å². The SMILES string of the molecule is Cc1cnc(/C=N/NC(N)=S)c2cccc(N)c12. The van der Waals surface area contributed by atoms with Gasteiger partial charge in [0, 0.05) is 22.7 Å². The predicted molar refractivity (Wildman–Crippen MR) is 78.4 cm³/mol. The molecule has 1 aromatic heterocycles. The van der Waals surface area contributed by atoms with Gasteiger partial charge in [0.25, 0.3) is 0 Å². The maximum absolute atomic E-state index is 5.97. The van der Waals surface area contributed by atoms with Gasteiger partial charge in [0.1, 0.15) is 0 Å². The molecule has 1 heterocycles. The molecule has 0 amide bonds. The molecular weight excluding hydrogens is 246 g/mol. The van der Waals surface area contributed by atoms with Crippen LogP contribution in [-0.2, 0) is 0 Å². The van der Waals surface area contributed by atoms with Gasteiger partial charge >= 0.3 is 0 Å². The smallest absolute Gasteiger partial charge is 0.184 e. The first-order valence-electron chi connectivity index (χ1n) is 5.32. The first kappa shape index (κ1) is 12.3. The summed E-state index contributed by atoms with van der Waals surface area (Å²) < 4.78 is 0.